The molecule has 0 bridgehead atoms. The monoisotopic (exact) mass is 287 g/mol. The number of rotatable bonds is 3. The van der Waals surface area contributed by atoms with Crippen molar-refractivity contribution in [2.24, 2.45) is 0 Å². The van der Waals surface area contributed by atoms with Crippen molar-refractivity contribution < 1.29 is 9.18 Å². The molecule has 5 heteroatoms. The van der Waals surface area contributed by atoms with Gasteiger partial charge in [-0.05, 0) is 26.0 Å². The normalized spacial score (nSPS) is 18.8. The molecule has 3 rings (SSSR count). The van der Waals surface area contributed by atoms with Crippen LogP contribution in [0.1, 0.15) is 32.0 Å². The molecule has 1 fully saturated rings. The maximum absolute atomic E-state index is 13.3. The van der Waals surface area contributed by atoms with E-state index in [9.17, 15) is 9.18 Å². The van der Waals surface area contributed by atoms with Gasteiger partial charge in [-0.1, -0.05) is 12.1 Å². The van der Waals surface area contributed by atoms with Crippen LogP contribution in [0.25, 0.3) is 11.3 Å². The van der Waals surface area contributed by atoms with E-state index in [0.29, 0.717) is 13.0 Å². The molecule has 0 unspecified atom stereocenters. The molecule has 21 heavy (non-hydrogen) atoms. The Hall–Kier alpha value is -2.17. The largest absolute Gasteiger partial charge is 0.342 e. The molecular formula is C16H18FN3O. The number of benzene rings is 1. The van der Waals surface area contributed by atoms with Crippen LogP contribution < -0.4 is 0 Å². The number of halogens is 1. The Kier molecular flexibility index (Phi) is 3.49. The Morgan fingerprint density at radius 1 is 1.43 bits per heavy atom. The first-order valence-corrected chi connectivity index (χ1v) is 7.15. The number of carbonyl (C=O) groups excluding carboxylic acids is 1. The second kappa shape index (κ2) is 5.31. The quantitative estimate of drug-likeness (QED) is 0.943. The molecule has 0 aliphatic carbocycles. The fraction of sp³-hybridized carbons (Fsp3) is 0.375. The van der Waals surface area contributed by atoms with E-state index in [2.05, 4.69) is 9.97 Å². The molecule has 2 aromatic rings. The lowest BCUT2D eigenvalue weighted by Crippen LogP contribution is -2.31. The third-order valence-electron chi connectivity index (χ3n) is 3.90. The second-order valence-corrected chi connectivity index (χ2v) is 5.73. The number of carbonyl (C=O) groups is 1. The van der Waals surface area contributed by atoms with Crippen LogP contribution in [0.5, 0.6) is 0 Å². The van der Waals surface area contributed by atoms with Crippen LogP contribution >= 0.6 is 0 Å². The first kappa shape index (κ1) is 13.8. The van der Waals surface area contributed by atoms with Gasteiger partial charge in [-0.3, -0.25) is 4.79 Å². The summed E-state index contributed by atoms with van der Waals surface area (Å²) in [4.78, 5) is 21.4. The van der Waals surface area contributed by atoms with Gasteiger partial charge >= 0.3 is 0 Å². The number of imidazole rings is 1. The molecule has 1 N–H and O–H groups in total. The van der Waals surface area contributed by atoms with Gasteiger partial charge in [0.25, 0.3) is 0 Å². The number of amides is 1. The molecule has 1 aliphatic heterocycles. The molecule has 0 saturated carbocycles. The maximum Gasteiger partial charge on any atom is 0.223 e. The summed E-state index contributed by atoms with van der Waals surface area (Å²) in [6, 6.07) is 6.60. The molecule has 1 aliphatic rings. The SMILES string of the molecule is CC(C)N1C[C@@H](c2ncc(-c3cccc(F)c3)[nH]2)CC1=O. The highest BCUT2D eigenvalue weighted by Gasteiger charge is 2.33. The molecule has 0 radical (unpaired) electrons. The molecule has 1 aromatic heterocycles. The minimum atomic E-state index is -0.273. The van der Waals surface area contributed by atoms with Gasteiger partial charge in [0.1, 0.15) is 11.6 Å². The fourth-order valence-corrected chi connectivity index (χ4v) is 2.76. The lowest BCUT2D eigenvalue weighted by Gasteiger charge is -2.20. The van der Waals surface area contributed by atoms with E-state index in [0.717, 1.165) is 17.1 Å². The highest BCUT2D eigenvalue weighted by atomic mass is 19.1. The summed E-state index contributed by atoms with van der Waals surface area (Å²) in [5.41, 5.74) is 1.54. The van der Waals surface area contributed by atoms with Crippen LogP contribution in [0.3, 0.4) is 0 Å². The van der Waals surface area contributed by atoms with Crippen LogP contribution in [-0.4, -0.2) is 33.4 Å². The van der Waals surface area contributed by atoms with Crippen molar-refractivity contribution in [3.63, 3.8) is 0 Å². The van der Waals surface area contributed by atoms with E-state index in [4.69, 9.17) is 0 Å². The summed E-state index contributed by atoms with van der Waals surface area (Å²) in [5.74, 6) is 0.775. The molecule has 0 spiro atoms. The smallest absolute Gasteiger partial charge is 0.223 e. The number of nitrogens with one attached hydrogen (secondary N) is 1. The van der Waals surface area contributed by atoms with Crippen molar-refractivity contribution in [1.29, 1.82) is 0 Å². The Balaban J connectivity index is 1.81. The van der Waals surface area contributed by atoms with Crippen molar-refractivity contribution in [3.8, 4) is 11.3 Å². The first-order chi connectivity index (χ1) is 10.0. The van der Waals surface area contributed by atoms with Gasteiger partial charge in [-0.15, -0.1) is 0 Å². The van der Waals surface area contributed by atoms with E-state index < -0.39 is 0 Å². The van der Waals surface area contributed by atoms with Crippen LogP contribution in [0.15, 0.2) is 30.5 Å². The summed E-state index contributed by atoms with van der Waals surface area (Å²) in [7, 11) is 0. The minimum Gasteiger partial charge on any atom is -0.342 e. The van der Waals surface area contributed by atoms with E-state index >= 15 is 0 Å². The standard InChI is InChI=1S/C16H18FN3O/c1-10(2)20-9-12(7-15(20)21)16-18-8-14(19-16)11-4-3-5-13(17)6-11/h3-6,8,10,12H,7,9H2,1-2H3,(H,18,19)/t12-/m0/s1. The first-order valence-electron chi connectivity index (χ1n) is 7.15. The Bertz CT molecular complexity index is 665. The third-order valence-corrected chi connectivity index (χ3v) is 3.90. The minimum absolute atomic E-state index is 0.0854. The molecule has 2 heterocycles. The van der Waals surface area contributed by atoms with Crippen molar-refractivity contribution in [3.05, 3.63) is 42.1 Å². The van der Waals surface area contributed by atoms with Gasteiger partial charge in [0.2, 0.25) is 5.91 Å². The Morgan fingerprint density at radius 3 is 2.90 bits per heavy atom. The lowest BCUT2D eigenvalue weighted by atomic mass is 10.1. The molecular weight excluding hydrogens is 269 g/mol. The number of nitrogens with zero attached hydrogens (tertiary/aromatic N) is 2. The predicted octanol–water partition coefficient (Wildman–Crippen LogP) is 2.94. The molecule has 4 nitrogen and oxygen atoms in total. The van der Waals surface area contributed by atoms with E-state index in [-0.39, 0.29) is 23.7 Å². The second-order valence-electron chi connectivity index (χ2n) is 5.73. The van der Waals surface area contributed by atoms with Crippen LogP contribution in [0.2, 0.25) is 0 Å². The topological polar surface area (TPSA) is 49.0 Å². The van der Waals surface area contributed by atoms with Crippen molar-refractivity contribution in [2.45, 2.75) is 32.2 Å². The molecule has 1 aromatic carbocycles. The number of hydrogen-bond donors (Lipinski definition) is 1. The maximum atomic E-state index is 13.3. The van der Waals surface area contributed by atoms with Crippen molar-refractivity contribution >= 4 is 5.91 Å². The van der Waals surface area contributed by atoms with Gasteiger partial charge < -0.3 is 9.88 Å². The number of hydrogen-bond acceptors (Lipinski definition) is 2. The Labute approximate surface area is 123 Å². The molecule has 1 amide bonds. The van der Waals surface area contributed by atoms with E-state index in [1.165, 1.54) is 12.1 Å². The van der Waals surface area contributed by atoms with Gasteiger partial charge in [0.05, 0.1) is 11.9 Å². The molecule has 110 valence electrons. The zero-order valence-corrected chi connectivity index (χ0v) is 12.1. The summed E-state index contributed by atoms with van der Waals surface area (Å²) < 4.78 is 13.3. The highest BCUT2D eigenvalue weighted by molar-refractivity contribution is 5.79. The zero-order valence-electron chi connectivity index (χ0n) is 12.1. The number of aromatic amines is 1. The molecule has 1 saturated heterocycles. The number of aromatic nitrogens is 2. The average molecular weight is 287 g/mol. The van der Waals surface area contributed by atoms with Gasteiger partial charge in [-0.25, -0.2) is 9.37 Å². The average Bonchev–Trinajstić information content (AvgIpc) is 3.05. The predicted molar refractivity (Wildman–Crippen MR) is 78.2 cm³/mol. The Morgan fingerprint density at radius 2 is 2.24 bits per heavy atom. The van der Waals surface area contributed by atoms with Crippen LogP contribution in [-0.2, 0) is 4.79 Å². The van der Waals surface area contributed by atoms with Crippen LogP contribution in [0, 0.1) is 5.82 Å². The van der Waals surface area contributed by atoms with Crippen LogP contribution in [0.4, 0.5) is 4.39 Å². The number of likely N-dealkylation sites (tertiary alicyclic amines) is 1. The highest BCUT2D eigenvalue weighted by Crippen LogP contribution is 2.29. The zero-order chi connectivity index (χ0) is 15.0. The van der Waals surface area contributed by atoms with Gasteiger partial charge in [-0.2, -0.15) is 0 Å². The van der Waals surface area contributed by atoms with E-state index in [1.807, 2.05) is 24.8 Å². The summed E-state index contributed by atoms with van der Waals surface area (Å²) in [6.07, 6.45) is 2.18. The summed E-state index contributed by atoms with van der Waals surface area (Å²) in [6.45, 7) is 4.72. The molecule has 1 atom stereocenters. The summed E-state index contributed by atoms with van der Waals surface area (Å²) in [5, 5.41) is 0. The third kappa shape index (κ3) is 2.68. The van der Waals surface area contributed by atoms with Gasteiger partial charge in [0.15, 0.2) is 0 Å². The number of H-pyrrole nitrogens is 1. The van der Waals surface area contributed by atoms with Gasteiger partial charge in [0, 0.05) is 30.5 Å². The lowest BCUT2D eigenvalue weighted by molar-refractivity contribution is -0.129. The van der Waals surface area contributed by atoms with Crippen molar-refractivity contribution in [2.75, 3.05) is 6.54 Å². The fourth-order valence-electron chi connectivity index (χ4n) is 2.76. The van der Waals surface area contributed by atoms with Crippen molar-refractivity contribution in [1.82, 2.24) is 14.9 Å². The summed E-state index contributed by atoms with van der Waals surface area (Å²) >= 11 is 0. The van der Waals surface area contributed by atoms with E-state index in [1.54, 1.807) is 12.3 Å².